The van der Waals surface area contributed by atoms with E-state index in [1.54, 1.807) is 11.4 Å². The molecule has 1 aliphatic heterocycles. The van der Waals surface area contributed by atoms with Gasteiger partial charge in [0, 0.05) is 51.5 Å². The first-order valence-electron chi connectivity index (χ1n) is 13.0. The van der Waals surface area contributed by atoms with Crippen LogP contribution in [0.4, 0.5) is 0 Å². The zero-order valence-corrected chi connectivity index (χ0v) is 23.1. The first kappa shape index (κ1) is 28.0. The topological polar surface area (TPSA) is 109 Å². The Balaban J connectivity index is 1.61. The second kappa shape index (κ2) is 12.3. The molecular formula is C29H38N4O4S. The van der Waals surface area contributed by atoms with Crippen LogP contribution in [0.2, 0.25) is 0 Å². The van der Waals surface area contributed by atoms with E-state index >= 15 is 0 Å². The van der Waals surface area contributed by atoms with Crippen molar-refractivity contribution in [1.82, 2.24) is 14.2 Å². The number of aromatic nitrogens is 1. The highest BCUT2D eigenvalue weighted by molar-refractivity contribution is 7.89. The zero-order chi connectivity index (χ0) is 27.3. The number of fused-ring (bicyclic) bond motifs is 1. The number of likely N-dealkylation sites (N-methyl/N-ethyl adjacent to an activating group) is 1. The van der Waals surface area contributed by atoms with Crippen LogP contribution < -0.4 is 5.73 Å². The number of H-pyrrole nitrogens is 1. The second-order valence-corrected chi connectivity index (χ2v) is 12.2. The lowest BCUT2D eigenvalue weighted by atomic mass is 9.88. The van der Waals surface area contributed by atoms with E-state index in [0.29, 0.717) is 31.7 Å². The quantitative estimate of drug-likeness (QED) is 0.267. The van der Waals surface area contributed by atoms with Gasteiger partial charge in [0.25, 0.3) is 5.91 Å². The average molecular weight is 539 g/mol. The van der Waals surface area contributed by atoms with E-state index in [2.05, 4.69) is 34.7 Å². The summed E-state index contributed by atoms with van der Waals surface area (Å²) >= 11 is 0. The summed E-state index contributed by atoms with van der Waals surface area (Å²) < 4.78 is 32.1. The minimum atomic E-state index is -3.29. The molecule has 3 aromatic rings. The van der Waals surface area contributed by atoms with Gasteiger partial charge in [0.15, 0.2) is 0 Å². The minimum absolute atomic E-state index is 0.104. The molecule has 0 aliphatic carbocycles. The van der Waals surface area contributed by atoms with Gasteiger partial charge in [-0.25, -0.2) is 12.7 Å². The van der Waals surface area contributed by atoms with E-state index in [-0.39, 0.29) is 11.7 Å². The highest BCUT2D eigenvalue weighted by Gasteiger charge is 2.30. The number of nitrogens with zero attached hydrogens (tertiary/aromatic N) is 2. The molecular weight excluding hydrogens is 500 g/mol. The van der Waals surface area contributed by atoms with Crippen LogP contribution in [0.15, 0.2) is 55.3 Å². The SMILES string of the molecule is C=CCN(C)Cc1cccc(-c2cc(C(N)=O)c3[nH]cc(C4CCN(S(=O)(=O)CCCOC)CC4)c3c2)c1. The van der Waals surface area contributed by atoms with Crippen LogP contribution in [0, 0.1) is 0 Å². The Hall–Kier alpha value is -2.98. The number of carbonyl (C=O) groups excluding carboxylic acids is 1. The Bertz CT molecular complexity index is 1390. The zero-order valence-electron chi connectivity index (χ0n) is 22.3. The molecule has 0 unspecified atom stereocenters. The highest BCUT2D eigenvalue weighted by Crippen LogP contribution is 2.37. The van der Waals surface area contributed by atoms with Crippen molar-refractivity contribution in [2.24, 2.45) is 5.73 Å². The van der Waals surface area contributed by atoms with Gasteiger partial charge in [0.05, 0.1) is 16.8 Å². The molecule has 0 atom stereocenters. The fourth-order valence-corrected chi connectivity index (χ4v) is 6.87. The Morgan fingerprint density at radius 1 is 1.24 bits per heavy atom. The van der Waals surface area contributed by atoms with E-state index < -0.39 is 15.9 Å². The Morgan fingerprint density at radius 2 is 2.00 bits per heavy atom. The Labute approximate surface area is 225 Å². The van der Waals surface area contributed by atoms with Crippen molar-refractivity contribution in [3.8, 4) is 11.1 Å². The second-order valence-electron chi connectivity index (χ2n) is 10.1. The largest absolute Gasteiger partial charge is 0.385 e. The number of rotatable bonds is 12. The van der Waals surface area contributed by atoms with Gasteiger partial charge in [0.1, 0.15) is 0 Å². The number of nitrogens with one attached hydrogen (secondary N) is 1. The standard InChI is InChI=1S/C29H38N4O4S/c1-4-11-32(2)20-21-7-5-8-23(16-21)24-17-25-27(19-31-28(25)26(18-24)29(30)34)22-9-12-33(13-10-22)38(35,36)15-6-14-37-3/h4-5,7-8,16-19,22,31H,1,6,9-15,20H2,2-3H3,(H2,30,34). The van der Waals surface area contributed by atoms with Crippen LogP contribution in [0.3, 0.4) is 0 Å². The first-order valence-corrected chi connectivity index (χ1v) is 14.6. The van der Waals surface area contributed by atoms with Crippen molar-refractivity contribution in [2.75, 3.05) is 46.2 Å². The number of hydrogen-bond donors (Lipinski definition) is 2. The fraction of sp³-hybridized carbons (Fsp3) is 0.414. The summed E-state index contributed by atoms with van der Waals surface area (Å²) in [5, 5.41) is 0.965. The van der Waals surface area contributed by atoms with Crippen molar-refractivity contribution in [2.45, 2.75) is 31.7 Å². The molecule has 9 heteroatoms. The summed E-state index contributed by atoms with van der Waals surface area (Å²) in [5.74, 6) is -0.194. The molecule has 0 saturated carbocycles. The van der Waals surface area contributed by atoms with E-state index in [1.807, 2.05) is 37.5 Å². The van der Waals surface area contributed by atoms with E-state index in [4.69, 9.17) is 10.5 Å². The van der Waals surface area contributed by atoms with Gasteiger partial charge in [-0.05, 0) is 72.7 Å². The number of amides is 1. The summed E-state index contributed by atoms with van der Waals surface area (Å²) in [7, 11) is 0.335. The van der Waals surface area contributed by atoms with Gasteiger partial charge >= 0.3 is 0 Å². The molecule has 1 fully saturated rings. The molecule has 8 nitrogen and oxygen atoms in total. The van der Waals surface area contributed by atoms with Crippen LogP contribution in [-0.2, 0) is 21.3 Å². The van der Waals surface area contributed by atoms with Gasteiger partial charge in [-0.3, -0.25) is 9.69 Å². The molecule has 0 bridgehead atoms. The van der Waals surface area contributed by atoms with Crippen LogP contribution in [0.5, 0.6) is 0 Å². The van der Waals surface area contributed by atoms with Gasteiger partial charge in [-0.1, -0.05) is 24.3 Å². The number of methoxy groups -OCH3 is 1. The number of sulfonamides is 1. The Kier molecular flexibility index (Phi) is 9.04. The van der Waals surface area contributed by atoms with Crippen LogP contribution in [0.25, 0.3) is 22.0 Å². The van der Waals surface area contributed by atoms with Gasteiger partial charge in [0.2, 0.25) is 10.0 Å². The molecule has 204 valence electrons. The van der Waals surface area contributed by atoms with Crippen LogP contribution >= 0.6 is 0 Å². The minimum Gasteiger partial charge on any atom is -0.385 e. The monoisotopic (exact) mass is 538 g/mol. The lowest BCUT2D eigenvalue weighted by Crippen LogP contribution is -2.39. The molecule has 1 aliphatic rings. The number of hydrogen-bond acceptors (Lipinski definition) is 5. The molecule has 1 amide bonds. The summed E-state index contributed by atoms with van der Waals surface area (Å²) in [4.78, 5) is 17.9. The summed E-state index contributed by atoms with van der Waals surface area (Å²) in [6.45, 7) is 6.79. The Morgan fingerprint density at radius 3 is 2.68 bits per heavy atom. The lowest BCUT2D eigenvalue weighted by Gasteiger charge is -2.31. The van der Waals surface area contributed by atoms with Crippen LogP contribution in [0.1, 0.15) is 46.7 Å². The molecule has 38 heavy (non-hydrogen) atoms. The van der Waals surface area contributed by atoms with Crippen molar-refractivity contribution in [1.29, 1.82) is 0 Å². The van der Waals surface area contributed by atoms with Crippen molar-refractivity contribution >= 4 is 26.8 Å². The molecule has 0 radical (unpaired) electrons. The predicted octanol–water partition coefficient (Wildman–Crippen LogP) is 4.10. The maximum absolute atomic E-state index is 12.7. The maximum Gasteiger partial charge on any atom is 0.250 e. The number of aromatic amines is 1. The normalized spacial score (nSPS) is 15.3. The molecule has 1 saturated heterocycles. The smallest absolute Gasteiger partial charge is 0.250 e. The maximum atomic E-state index is 12.7. The highest BCUT2D eigenvalue weighted by atomic mass is 32.2. The molecule has 2 aromatic carbocycles. The number of ether oxygens (including phenoxy) is 1. The fourth-order valence-electron chi connectivity index (χ4n) is 5.36. The van der Waals surface area contributed by atoms with E-state index in [9.17, 15) is 13.2 Å². The number of piperidine rings is 1. The molecule has 3 N–H and O–H groups in total. The lowest BCUT2D eigenvalue weighted by molar-refractivity contribution is 0.100. The van der Waals surface area contributed by atoms with Crippen molar-refractivity contribution in [3.63, 3.8) is 0 Å². The summed E-state index contributed by atoms with van der Waals surface area (Å²) in [6.07, 6.45) is 5.77. The molecule has 0 spiro atoms. The van der Waals surface area contributed by atoms with Gasteiger partial charge in [-0.2, -0.15) is 0 Å². The molecule has 2 heterocycles. The van der Waals surface area contributed by atoms with Crippen molar-refractivity contribution < 1.29 is 17.9 Å². The summed E-state index contributed by atoms with van der Waals surface area (Å²) in [5.41, 5.74) is 11.2. The average Bonchev–Trinajstić information content (AvgIpc) is 3.32. The number of primary amides is 1. The predicted molar refractivity (Wildman–Crippen MR) is 153 cm³/mol. The van der Waals surface area contributed by atoms with Crippen LogP contribution in [-0.4, -0.2) is 74.7 Å². The number of nitrogens with two attached hydrogens (primary N) is 1. The molecule has 4 rings (SSSR count). The van der Waals surface area contributed by atoms with Gasteiger partial charge in [-0.15, -0.1) is 6.58 Å². The third-order valence-corrected chi connectivity index (χ3v) is 9.23. The van der Waals surface area contributed by atoms with E-state index in [1.165, 1.54) is 5.56 Å². The van der Waals surface area contributed by atoms with Gasteiger partial charge < -0.3 is 15.5 Å². The van der Waals surface area contributed by atoms with E-state index in [0.717, 1.165) is 53.5 Å². The third-order valence-electron chi connectivity index (χ3n) is 7.28. The molecule has 1 aromatic heterocycles. The third kappa shape index (κ3) is 6.35. The number of carbonyl (C=O) groups is 1. The first-order chi connectivity index (χ1) is 18.2. The van der Waals surface area contributed by atoms with Crippen molar-refractivity contribution in [3.05, 3.63) is 71.9 Å². The summed E-state index contributed by atoms with van der Waals surface area (Å²) in [6, 6.07) is 12.3. The number of benzene rings is 2.